The molecule has 0 unspecified atom stereocenters. The van der Waals surface area contributed by atoms with Crippen molar-refractivity contribution in [2.24, 2.45) is 0 Å². The molecule has 15 heavy (non-hydrogen) atoms. The Morgan fingerprint density at radius 2 is 1.87 bits per heavy atom. The fourth-order valence-corrected chi connectivity index (χ4v) is 1.22. The molecule has 1 aromatic rings. The van der Waals surface area contributed by atoms with Crippen LogP contribution in [0.4, 0.5) is 13.2 Å². The summed E-state index contributed by atoms with van der Waals surface area (Å²) in [5.41, 5.74) is 0.179. The van der Waals surface area contributed by atoms with Crippen molar-refractivity contribution in [1.29, 1.82) is 0 Å². The molecule has 0 radical (unpaired) electrons. The van der Waals surface area contributed by atoms with E-state index in [1.807, 2.05) is 0 Å². The van der Waals surface area contributed by atoms with Gasteiger partial charge in [-0.1, -0.05) is 12.1 Å². The molecule has 0 spiro atoms. The maximum Gasteiger partial charge on any atom is 0.416 e. The molecule has 0 heterocycles. The van der Waals surface area contributed by atoms with Gasteiger partial charge >= 0.3 is 6.18 Å². The Labute approximate surface area is 85.2 Å². The minimum atomic E-state index is -4.35. The Morgan fingerprint density at radius 3 is 2.40 bits per heavy atom. The normalized spacial score (nSPS) is 12.0. The predicted octanol–water partition coefficient (Wildman–Crippen LogP) is 3.23. The second-order valence-corrected chi connectivity index (χ2v) is 3.13. The van der Waals surface area contributed by atoms with Gasteiger partial charge in [-0.2, -0.15) is 13.2 Å². The Bertz CT molecular complexity index is 391. The highest BCUT2D eigenvalue weighted by Crippen LogP contribution is 2.30. The van der Waals surface area contributed by atoms with Gasteiger partial charge < -0.3 is 0 Å². The molecule has 0 N–H and O–H groups in total. The van der Waals surface area contributed by atoms with Gasteiger partial charge in [0.2, 0.25) is 0 Å². The molecule has 0 saturated carbocycles. The Hall–Kier alpha value is -1.58. The van der Waals surface area contributed by atoms with Crippen LogP contribution in [0.25, 0.3) is 6.08 Å². The lowest BCUT2D eigenvalue weighted by atomic mass is 10.1. The number of rotatable bonds is 2. The monoisotopic (exact) mass is 214 g/mol. The van der Waals surface area contributed by atoms with Crippen molar-refractivity contribution in [2.45, 2.75) is 13.1 Å². The van der Waals surface area contributed by atoms with Crippen LogP contribution in [0.15, 0.2) is 24.3 Å². The van der Waals surface area contributed by atoms with E-state index >= 15 is 0 Å². The minimum absolute atomic E-state index is 0.370. The van der Waals surface area contributed by atoms with E-state index in [2.05, 4.69) is 0 Å². The summed E-state index contributed by atoms with van der Waals surface area (Å²) in [6.07, 6.45) is -1.32. The zero-order valence-corrected chi connectivity index (χ0v) is 8.01. The molecule has 0 saturated heterocycles. The lowest BCUT2D eigenvalue weighted by Gasteiger charge is -2.08. The molecule has 80 valence electrons. The third kappa shape index (κ3) is 3.23. The number of benzene rings is 1. The molecule has 0 aliphatic carbocycles. The molecule has 1 nitrogen and oxygen atoms in total. The van der Waals surface area contributed by atoms with Crippen LogP contribution in [0.5, 0.6) is 0 Å². The van der Waals surface area contributed by atoms with Crippen LogP contribution >= 0.6 is 0 Å². The average molecular weight is 214 g/mol. The lowest BCUT2D eigenvalue weighted by Crippen LogP contribution is -2.05. The summed E-state index contributed by atoms with van der Waals surface area (Å²) in [6, 6.07) is 3.65. The number of carbonyl (C=O) groups excluding carboxylic acids is 1. The summed E-state index contributed by atoms with van der Waals surface area (Å²) >= 11 is 0. The topological polar surface area (TPSA) is 17.1 Å². The zero-order chi connectivity index (χ0) is 11.5. The van der Waals surface area contributed by atoms with Gasteiger partial charge in [-0.15, -0.1) is 0 Å². The first kappa shape index (κ1) is 11.5. The summed E-state index contributed by atoms with van der Waals surface area (Å²) in [6.45, 7) is 1.58. The largest absolute Gasteiger partial charge is 0.416 e. The van der Waals surface area contributed by atoms with E-state index in [4.69, 9.17) is 0 Å². The van der Waals surface area contributed by atoms with Gasteiger partial charge in [-0.05, 0) is 36.3 Å². The van der Waals surface area contributed by atoms with Gasteiger partial charge in [-0.3, -0.25) is 4.79 Å². The summed E-state index contributed by atoms with van der Waals surface area (Å²) in [5, 5.41) is 0. The SMILES string of the molecule is Cc1cc(C=CC=O)cc(C(F)(F)F)c1. The maximum atomic E-state index is 12.4. The van der Waals surface area contributed by atoms with Gasteiger partial charge in [0.25, 0.3) is 0 Å². The molecular weight excluding hydrogens is 205 g/mol. The van der Waals surface area contributed by atoms with E-state index in [9.17, 15) is 18.0 Å². The number of alkyl halides is 3. The fourth-order valence-electron chi connectivity index (χ4n) is 1.22. The Kier molecular flexibility index (Phi) is 3.29. The maximum absolute atomic E-state index is 12.4. The summed E-state index contributed by atoms with van der Waals surface area (Å²) in [4.78, 5) is 10.0. The van der Waals surface area contributed by atoms with Gasteiger partial charge in [0.05, 0.1) is 5.56 Å². The molecule has 0 aliphatic heterocycles. The fraction of sp³-hybridized carbons (Fsp3) is 0.182. The van der Waals surface area contributed by atoms with Crippen LogP contribution in [-0.2, 0) is 11.0 Å². The highest BCUT2D eigenvalue weighted by Gasteiger charge is 2.30. The first-order valence-corrected chi connectivity index (χ1v) is 4.24. The molecule has 4 heteroatoms. The lowest BCUT2D eigenvalue weighted by molar-refractivity contribution is -0.137. The number of aryl methyl sites for hydroxylation is 1. The third-order valence-corrected chi connectivity index (χ3v) is 1.79. The van der Waals surface area contributed by atoms with Crippen LogP contribution in [0.2, 0.25) is 0 Å². The first-order chi connectivity index (χ1) is 6.93. The quantitative estimate of drug-likeness (QED) is 0.545. The van der Waals surface area contributed by atoms with E-state index in [-0.39, 0.29) is 0 Å². The molecule has 0 amide bonds. The van der Waals surface area contributed by atoms with Gasteiger partial charge in [0.15, 0.2) is 0 Å². The van der Waals surface area contributed by atoms with Crippen molar-refractivity contribution >= 4 is 12.4 Å². The number of halogens is 3. The zero-order valence-electron chi connectivity index (χ0n) is 8.01. The van der Waals surface area contributed by atoms with Crippen LogP contribution in [0.1, 0.15) is 16.7 Å². The van der Waals surface area contributed by atoms with Crippen molar-refractivity contribution in [3.63, 3.8) is 0 Å². The van der Waals surface area contributed by atoms with Crippen LogP contribution in [-0.4, -0.2) is 6.29 Å². The molecule has 0 atom stereocenters. The first-order valence-electron chi connectivity index (χ1n) is 4.24. The van der Waals surface area contributed by atoms with Crippen molar-refractivity contribution in [1.82, 2.24) is 0 Å². The average Bonchev–Trinajstić information content (AvgIpc) is 2.12. The molecule has 0 fully saturated rings. The van der Waals surface area contributed by atoms with E-state index in [0.717, 1.165) is 18.2 Å². The van der Waals surface area contributed by atoms with Gasteiger partial charge in [0.1, 0.15) is 6.29 Å². The second kappa shape index (κ2) is 4.29. The molecule has 0 aliphatic rings. The number of allylic oxidation sites excluding steroid dienone is 1. The summed E-state index contributed by atoms with van der Waals surface area (Å²) < 4.78 is 37.1. The van der Waals surface area contributed by atoms with Crippen molar-refractivity contribution in [3.8, 4) is 0 Å². The smallest absolute Gasteiger partial charge is 0.299 e. The predicted molar refractivity (Wildman–Crippen MR) is 51.3 cm³/mol. The standard InChI is InChI=1S/C11H9F3O/c1-8-5-9(3-2-4-15)7-10(6-8)11(12,13)14/h2-7H,1H3. The van der Waals surface area contributed by atoms with Crippen molar-refractivity contribution in [2.75, 3.05) is 0 Å². The molecule has 1 aromatic carbocycles. The van der Waals surface area contributed by atoms with Gasteiger partial charge in [0, 0.05) is 0 Å². The van der Waals surface area contributed by atoms with Crippen LogP contribution in [0.3, 0.4) is 0 Å². The Balaban J connectivity index is 3.16. The number of carbonyl (C=O) groups is 1. The van der Waals surface area contributed by atoms with Crippen LogP contribution in [0, 0.1) is 6.92 Å². The summed E-state index contributed by atoms with van der Waals surface area (Å²) in [7, 11) is 0. The van der Waals surface area contributed by atoms with Crippen LogP contribution < -0.4 is 0 Å². The molecule has 1 rings (SSSR count). The summed E-state index contributed by atoms with van der Waals surface area (Å²) in [5.74, 6) is 0. The van der Waals surface area contributed by atoms with Crippen molar-refractivity contribution < 1.29 is 18.0 Å². The molecule has 0 bridgehead atoms. The third-order valence-electron chi connectivity index (χ3n) is 1.79. The van der Waals surface area contributed by atoms with E-state index in [0.29, 0.717) is 17.4 Å². The Morgan fingerprint density at radius 1 is 1.20 bits per heavy atom. The molecular formula is C11H9F3O. The minimum Gasteiger partial charge on any atom is -0.299 e. The van der Waals surface area contributed by atoms with Crippen molar-refractivity contribution in [3.05, 3.63) is 41.0 Å². The van der Waals surface area contributed by atoms with E-state index in [1.54, 1.807) is 13.0 Å². The highest BCUT2D eigenvalue weighted by atomic mass is 19.4. The number of hydrogen-bond acceptors (Lipinski definition) is 1. The number of aldehydes is 1. The van der Waals surface area contributed by atoms with E-state index in [1.165, 1.54) is 6.08 Å². The molecule has 0 aromatic heterocycles. The van der Waals surface area contributed by atoms with Gasteiger partial charge in [-0.25, -0.2) is 0 Å². The second-order valence-electron chi connectivity index (χ2n) is 3.13. The highest BCUT2D eigenvalue weighted by molar-refractivity contribution is 5.74. The number of hydrogen-bond donors (Lipinski definition) is 0. The van der Waals surface area contributed by atoms with E-state index < -0.39 is 11.7 Å².